The lowest BCUT2D eigenvalue weighted by Gasteiger charge is -2.19. The van der Waals surface area contributed by atoms with Crippen LogP contribution in [0.25, 0.3) is 0 Å². The first-order chi connectivity index (χ1) is 13.9. The summed E-state index contributed by atoms with van der Waals surface area (Å²) < 4.78 is 0. The summed E-state index contributed by atoms with van der Waals surface area (Å²) in [6, 6.07) is 15.7. The van der Waals surface area contributed by atoms with Gasteiger partial charge in [-0.25, -0.2) is 0 Å². The van der Waals surface area contributed by atoms with Crippen molar-refractivity contribution in [2.75, 3.05) is 10.6 Å². The monoisotopic (exact) mass is 404 g/mol. The third-order valence-corrected chi connectivity index (χ3v) is 5.63. The number of carbonyl (C=O) groups is 2. The highest BCUT2D eigenvalue weighted by molar-refractivity contribution is 6.08. The molecule has 1 aliphatic rings. The fourth-order valence-corrected chi connectivity index (χ4v) is 3.50. The molecule has 0 aliphatic heterocycles. The van der Waals surface area contributed by atoms with Crippen LogP contribution in [0.15, 0.2) is 60.7 Å². The summed E-state index contributed by atoms with van der Waals surface area (Å²) in [5.74, 6) is -1.35. The first kappa shape index (κ1) is 21.8. The molecule has 0 heterocycles. The molecule has 2 atom stereocenters. The summed E-state index contributed by atoms with van der Waals surface area (Å²) >= 11 is 0. The average Bonchev–Trinajstić information content (AvgIpc) is 3.32. The van der Waals surface area contributed by atoms with Gasteiger partial charge >= 0.3 is 0 Å². The Bertz CT molecular complexity index is 879. The lowest BCUT2D eigenvalue weighted by molar-refractivity contribution is -0.122. The molecule has 2 aromatic rings. The quantitative estimate of drug-likeness (QED) is 0.646. The topological polar surface area (TPSA) is 58.2 Å². The number of carbonyl (C=O) groups excluding carboxylic acids is 2. The molecule has 4 nitrogen and oxygen atoms in total. The highest BCUT2D eigenvalue weighted by atomic mass is 16.2. The van der Waals surface area contributed by atoms with Gasteiger partial charge < -0.3 is 10.6 Å². The van der Waals surface area contributed by atoms with E-state index in [0.717, 1.165) is 11.4 Å². The smallest absolute Gasteiger partial charge is 0.232 e. The van der Waals surface area contributed by atoms with E-state index in [0.29, 0.717) is 5.57 Å². The van der Waals surface area contributed by atoms with Crippen molar-refractivity contribution in [3.05, 3.63) is 71.8 Å². The Morgan fingerprint density at radius 3 is 1.23 bits per heavy atom. The summed E-state index contributed by atoms with van der Waals surface area (Å²) in [6.45, 7) is 16.8. The van der Waals surface area contributed by atoms with E-state index >= 15 is 0 Å². The molecule has 158 valence electrons. The van der Waals surface area contributed by atoms with E-state index in [1.807, 2.05) is 48.5 Å². The first-order valence-electron chi connectivity index (χ1n) is 10.4. The second-order valence-corrected chi connectivity index (χ2v) is 10.2. The van der Waals surface area contributed by atoms with Gasteiger partial charge in [-0.1, -0.05) is 78.0 Å². The van der Waals surface area contributed by atoms with Crippen molar-refractivity contribution in [3.63, 3.8) is 0 Å². The third kappa shape index (κ3) is 4.81. The minimum atomic E-state index is -0.485. The van der Waals surface area contributed by atoms with Gasteiger partial charge in [0.1, 0.15) is 0 Å². The third-order valence-electron chi connectivity index (χ3n) is 5.63. The van der Waals surface area contributed by atoms with E-state index in [2.05, 4.69) is 58.8 Å². The predicted octanol–water partition coefficient (Wildman–Crippen LogP) is 5.66. The zero-order chi connectivity index (χ0) is 22.3. The van der Waals surface area contributed by atoms with E-state index in [1.165, 1.54) is 11.1 Å². The maximum absolute atomic E-state index is 12.6. The molecule has 0 saturated heterocycles. The lowest BCUT2D eigenvalue weighted by atomic mass is 9.87. The Morgan fingerprint density at radius 1 is 0.667 bits per heavy atom. The van der Waals surface area contributed by atoms with Crippen molar-refractivity contribution in [3.8, 4) is 0 Å². The van der Waals surface area contributed by atoms with Crippen molar-refractivity contribution < 1.29 is 9.59 Å². The van der Waals surface area contributed by atoms with E-state index < -0.39 is 11.8 Å². The second kappa shape index (κ2) is 7.75. The molecule has 0 bridgehead atoms. The molecule has 1 fully saturated rings. The fourth-order valence-electron chi connectivity index (χ4n) is 3.50. The minimum absolute atomic E-state index is 0.0571. The van der Waals surface area contributed by atoms with Crippen LogP contribution >= 0.6 is 0 Å². The van der Waals surface area contributed by atoms with Crippen LogP contribution in [0.3, 0.4) is 0 Å². The molecular formula is C26H32N2O2. The van der Waals surface area contributed by atoms with E-state index in [4.69, 9.17) is 0 Å². The second-order valence-electron chi connectivity index (χ2n) is 10.2. The van der Waals surface area contributed by atoms with Crippen molar-refractivity contribution in [1.82, 2.24) is 0 Å². The molecule has 30 heavy (non-hydrogen) atoms. The summed E-state index contributed by atoms with van der Waals surface area (Å²) in [5, 5.41) is 5.81. The van der Waals surface area contributed by atoms with Crippen molar-refractivity contribution in [1.29, 1.82) is 0 Å². The highest BCUT2D eigenvalue weighted by Gasteiger charge is 2.52. The molecular weight excluding hydrogens is 372 g/mol. The van der Waals surface area contributed by atoms with Crippen LogP contribution < -0.4 is 10.6 Å². The normalized spacial score (nSPS) is 18.7. The number of benzene rings is 2. The number of rotatable bonds is 4. The number of anilines is 2. The highest BCUT2D eigenvalue weighted by Crippen LogP contribution is 2.45. The van der Waals surface area contributed by atoms with Crippen LogP contribution in [0.5, 0.6) is 0 Å². The first-order valence-corrected chi connectivity index (χ1v) is 10.4. The maximum atomic E-state index is 12.6. The van der Waals surface area contributed by atoms with Crippen LogP contribution in [0.2, 0.25) is 0 Å². The van der Waals surface area contributed by atoms with Crippen LogP contribution in [-0.4, -0.2) is 11.8 Å². The molecule has 0 spiro atoms. The average molecular weight is 405 g/mol. The maximum Gasteiger partial charge on any atom is 0.232 e. The summed E-state index contributed by atoms with van der Waals surface area (Å²) in [4.78, 5) is 25.3. The number of nitrogens with one attached hydrogen (secondary N) is 2. The molecule has 2 unspecified atom stereocenters. The fraction of sp³-hybridized carbons (Fsp3) is 0.385. The van der Waals surface area contributed by atoms with Crippen LogP contribution in [-0.2, 0) is 20.4 Å². The van der Waals surface area contributed by atoms with E-state index in [9.17, 15) is 9.59 Å². The molecule has 2 N–H and O–H groups in total. The minimum Gasteiger partial charge on any atom is -0.326 e. The van der Waals surface area contributed by atoms with Crippen molar-refractivity contribution in [2.24, 2.45) is 11.8 Å². The Hall–Kier alpha value is -2.88. The van der Waals surface area contributed by atoms with Crippen LogP contribution in [0.1, 0.15) is 52.7 Å². The Balaban J connectivity index is 1.59. The van der Waals surface area contributed by atoms with Gasteiger partial charge in [0, 0.05) is 11.4 Å². The molecule has 0 radical (unpaired) electrons. The largest absolute Gasteiger partial charge is 0.326 e. The van der Waals surface area contributed by atoms with Gasteiger partial charge in [-0.15, -0.1) is 0 Å². The summed E-state index contributed by atoms with van der Waals surface area (Å²) in [7, 11) is 0. The van der Waals surface area contributed by atoms with Gasteiger partial charge in [0.2, 0.25) is 11.8 Å². The van der Waals surface area contributed by atoms with Gasteiger partial charge in [0.05, 0.1) is 11.8 Å². The van der Waals surface area contributed by atoms with Gasteiger partial charge in [-0.3, -0.25) is 9.59 Å². The van der Waals surface area contributed by atoms with Crippen LogP contribution in [0, 0.1) is 11.8 Å². The van der Waals surface area contributed by atoms with Gasteiger partial charge in [-0.2, -0.15) is 0 Å². The summed E-state index contributed by atoms with van der Waals surface area (Å²) in [5.41, 5.74) is 4.62. The molecule has 3 rings (SSSR count). The van der Waals surface area contributed by atoms with Gasteiger partial charge in [-0.05, 0) is 46.2 Å². The van der Waals surface area contributed by atoms with E-state index in [1.54, 1.807) is 0 Å². The zero-order valence-electron chi connectivity index (χ0n) is 18.8. The van der Waals surface area contributed by atoms with Crippen molar-refractivity contribution in [2.45, 2.75) is 52.4 Å². The predicted molar refractivity (Wildman–Crippen MR) is 124 cm³/mol. The Kier molecular flexibility index (Phi) is 5.64. The molecule has 2 amide bonds. The molecule has 2 aromatic carbocycles. The Morgan fingerprint density at radius 2 is 0.967 bits per heavy atom. The molecule has 1 aliphatic carbocycles. The van der Waals surface area contributed by atoms with Crippen LogP contribution in [0.4, 0.5) is 11.4 Å². The summed E-state index contributed by atoms with van der Waals surface area (Å²) in [6.07, 6.45) is 0. The molecule has 0 aromatic heterocycles. The van der Waals surface area contributed by atoms with E-state index in [-0.39, 0.29) is 22.6 Å². The van der Waals surface area contributed by atoms with Crippen molar-refractivity contribution >= 4 is 23.2 Å². The number of hydrogen-bond donors (Lipinski definition) is 2. The molecule has 4 heteroatoms. The number of hydrogen-bond acceptors (Lipinski definition) is 2. The van der Waals surface area contributed by atoms with Gasteiger partial charge in [0.25, 0.3) is 0 Å². The zero-order valence-corrected chi connectivity index (χ0v) is 18.8. The lowest BCUT2D eigenvalue weighted by Crippen LogP contribution is -2.21. The number of amides is 2. The SMILES string of the molecule is C=C1C(C(=O)Nc2ccc(C(C)(C)C)cc2)C1C(=O)Nc1ccc(C(C)(C)C)cc1. The standard InChI is InChI=1S/C26H32N2O2/c1-16-21(23(29)27-19-12-8-17(9-13-19)25(2,3)4)22(16)24(30)28-20-14-10-18(11-15-20)26(5,6)7/h8-15,21-22H,1H2,2-7H3,(H,27,29)(H,28,30). The molecule has 1 saturated carbocycles. The van der Waals surface area contributed by atoms with Gasteiger partial charge in [0.15, 0.2) is 0 Å². The Labute approximate surface area is 179 Å².